The second kappa shape index (κ2) is 9.16. The van der Waals surface area contributed by atoms with Crippen LogP contribution in [0.3, 0.4) is 0 Å². The predicted molar refractivity (Wildman–Crippen MR) is 100.0 cm³/mol. The molecule has 0 aliphatic heterocycles. The van der Waals surface area contributed by atoms with Gasteiger partial charge in [-0.3, -0.25) is 20.0 Å². The maximum absolute atomic E-state index is 12.4. The summed E-state index contributed by atoms with van der Waals surface area (Å²) >= 11 is 0. The van der Waals surface area contributed by atoms with E-state index in [9.17, 15) is 9.59 Å². The van der Waals surface area contributed by atoms with Gasteiger partial charge in [-0.05, 0) is 60.5 Å². The maximum atomic E-state index is 12.4. The molecule has 1 saturated carbocycles. The largest absolute Gasteiger partial charge is 0.480 e. The molecule has 1 aliphatic rings. The molecule has 0 aromatic carbocycles. The van der Waals surface area contributed by atoms with Crippen LogP contribution < -0.4 is 5.32 Å². The van der Waals surface area contributed by atoms with E-state index in [0.29, 0.717) is 12.8 Å². The van der Waals surface area contributed by atoms with E-state index in [1.54, 1.807) is 6.92 Å². The monoisotopic (exact) mass is 367 g/mol. The van der Waals surface area contributed by atoms with Gasteiger partial charge in [0.1, 0.15) is 17.2 Å². The van der Waals surface area contributed by atoms with Crippen LogP contribution in [-0.4, -0.2) is 44.4 Å². The van der Waals surface area contributed by atoms with Crippen LogP contribution in [0.15, 0.2) is 6.07 Å². The molecule has 0 spiro atoms. The highest BCUT2D eigenvalue weighted by Crippen LogP contribution is 2.31. The third kappa shape index (κ3) is 7.15. The van der Waals surface area contributed by atoms with Crippen LogP contribution in [0.25, 0.3) is 0 Å². The fourth-order valence-electron chi connectivity index (χ4n) is 2.97. The number of carbonyl (C=O) groups excluding carboxylic acids is 1. The molecule has 0 amide bonds. The summed E-state index contributed by atoms with van der Waals surface area (Å²) in [6, 6.07) is 1.24. The summed E-state index contributed by atoms with van der Waals surface area (Å²) < 4.78 is 5.47. The van der Waals surface area contributed by atoms with Crippen molar-refractivity contribution in [2.24, 2.45) is 0 Å². The Bertz CT molecular complexity index is 582. The van der Waals surface area contributed by atoms with Gasteiger partial charge in [0.25, 0.3) is 0 Å². The molecule has 1 atom stereocenters. The number of esters is 1. The normalized spacial score (nSPS) is 17.6. The number of nitrogens with zero attached hydrogens (tertiary/aromatic N) is 1. The van der Waals surface area contributed by atoms with Crippen molar-refractivity contribution in [3.05, 3.63) is 17.5 Å². The van der Waals surface area contributed by atoms with Crippen molar-refractivity contribution in [2.45, 2.75) is 90.8 Å². The molecule has 7 heteroatoms. The van der Waals surface area contributed by atoms with Gasteiger partial charge < -0.3 is 9.84 Å². The number of hydrogen-bond acceptors (Lipinski definition) is 5. The fourth-order valence-corrected chi connectivity index (χ4v) is 2.97. The van der Waals surface area contributed by atoms with Gasteiger partial charge in [-0.25, -0.2) is 0 Å². The van der Waals surface area contributed by atoms with E-state index in [2.05, 4.69) is 15.5 Å². The number of aromatic nitrogens is 2. The molecule has 26 heavy (non-hydrogen) atoms. The molecule has 1 aliphatic carbocycles. The minimum atomic E-state index is -0.950. The first-order valence-electron chi connectivity index (χ1n) is 9.18. The van der Waals surface area contributed by atoms with E-state index >= 15 is 0 Å². The van der Waals surface area contributed by atoms with Gasteiger partial charge >= 0.3 is 11.9 Å². The Labute approximate surface area is 155 Å². The lowest BCUT2D eigenvalue weighted by Gasteiger charge is -2.39. The number of carboxylic acids is 1. The number of carbonyl (C=O) groups is 2. The second-order valence-corrected chi connectivity index (χ2v) is 8.04. The maximum Gasteiger partial charge on any atom is 0.326 e. The first-order valence-corrected chi connectivity index (χ1v) is 9.18. The molecule has 3 N–H and O–H groups in total. The Hall–Kier alpha value is -1.89. The Balaban J connectivity index is 0.000000401. The van der Waals surface area contributed by atoms with Crippen LogP contribution in [0.4, 0.5) is 0 Å². The molecule has 0 bridgehead atoms. The van der Waals surface area contributed by atoms with Gasteiger partial charge in [0.05, 0.1) is 5.69 Å². The zero-order chi connectivity index (χ0) is 20.0. The summed E-state index contributed by atoms with van der Waals surface area (Å²) in [5.41, 5.74) is 0.772. The van der Waals surface area contributed by atoms with E-state index in [-0.39, 0.29) is 5.97 Å². The summed E-state index contributed by atoms with van der Waals surface area (Å²) in [5, 5.41) is 18.7. The number of carboxylic acid groups (broad SMARTS) is 1. The number of aryl methyl sites for hydroxylation is 2. The summed E-state index contributed by atoms with van der Waals surface area (Å²) in [7, 11) is 0. The highest BCUT2D eigenvalue weighted by atomic mass is 16.6. The molecule has 2 rings (SSSR count). The van der Waals surface area contributed by atoms with Crippen LogP contribution in [0.2, 0.25) is 0 Å². The van der Waals surface area contributed by atoms with Crippen molar-refractivity contribution in [1.29, 1.82) is 0 Å². The lowest BCUT2D eigenvalue weighted by Crippen LogP contribution is -2.59. The van der Waals surface area contributed by atoms with E-state index in [0.717, 1.165) is 30.7 Å². The van der Waals surface area contributed by atoms with Gasteiger partial charge in [0.15, 0.2) is 0 Å². The first kappa shape index (κ1) is 22.2. The lowest BCUT2D eigenvalue weighted by atomic mass is 9.81. The Morgan fingerprint density at radius 2 is 1.85 bits per heavy atom. The summed E-state index contributed by atoms with van der Waals surface area (Å²) in [4.78, 5) is 23.4. The van der Waals surface area contributed by atoms with Crippen molar-refractivity contribution in [2.75, 3.05) is 0 Å². The van der Waals surface area contributed by atoms with Crippen molar-refractivity contribution >= 4 is 11.9 Å². The Morgan fingerprint density at radius 3 is 2.19 bits per heavy atom. The number of aliphatic carboxylic acids is 1. The van der Waals surface area contributed by atoms with Crippen LogP contribution in [0, 0.1) is 13.8 Å². The van der Waals surface area contributed by atoms with Gasteiger partial charge in [0, 0.05) is 5.69 Å². The van der Waals surface area contributed by atoms with E-state index in [1.165, 1.54) is 0 Å². The highest BCUT2D eigenvalue weighted by Gasteiger charge is 2.44. The highest BCUT2D eigenvalue weighted by molar-refractivity contribution is 5.83. The van der Waals surface area contributed by atoms with E-state index < -0.39 is 23.2 Å². The minimum absolute atomic E-state index is 0.326. The van der Waals surface area contributed by atoms with Crippen LogP contribution in [0.1, 0.15) is 71.2 Å². The van der Waals surface area contributed by atoms with Crippen molar-refractivity contribution in [3.63, 3.8) is 0 Å². The summed E-state index contributed by atoms with van der Waals surface area (Å²) in [6.07, 6.45) is 4.18. The fraction of sp³-hybridized carbons (Fsp3) is 0.737. The molecule has 1 aromatic rings. The third-order valence-electron chi connectivity index (χ3n) is 4.19. The Morgan fingerprint density at radius 1 is 1.27 bits per heavy atom. The van der Waals surface area contributed by atoms with Crippen molar-refractivity contribution in [1.82, 2.24) is 15.5 Å². The number of ether oxygens (including phenoxy) is 1. The molecule has 0 radical (unpaired) electrons. The van der Waals surface area contributed by atoms with E-state index in [1.807, 2.05) is 40.7 Å². The SMILES string of the molecule is C[C@H](NC1(C(=O)OC(C)(C)C)CCCCC1)C(=O)O.Cc1cc(C)[nH]n1. The van der Waals surface area contributed by atoms with Crippen LogP contribution >= 0.6 is 0 Å². The molecule has 1 heterocycles. The number of nitrogens with one attached hydrogen (secondary N) is 2. The number of hydrogen-bond donors (Lipinski definition) is 3. The average molecular weight is 367 g/mol. The van der Waals surface area contributed by atoms with Gasteiger partial charge in [0.2, 0.25) is 0 Å². The molecule has 1 fully saturated rings. The smallest absolute Gasteiger partial charge is 0.326 e. The van der Waals surface area contributed by atoms with Gasteiger partial charge in [-0.1, -0.05) is 19.3 Å². The standard InChI is InChI=1S/C14H25NO4.C5H8N2/c1-10(11(16)17)15-14(8-6-5-7-9-14)12(18)19-13(2,3)4;1-4-3-5(2)7-6-4/h10,15H,5-9H2,1-4H3,(H,16,17);3H,1-2H3,(H,6,7)/t10-;/m0./s1. The van der Waals surface area contributed by atoms with Gasteiger partial charge in [-0.2, -0.15) is 5.10 Å². The molecular weight excluding hydrogens is 334 g/mol. The number of rotatable bonds is 4. The zero-order valence-electron chi connectivity index (χ0n) is 16.8. The van der Waals surface area contributed by atoms with Crippen molar-refractivity contribution in [3.8, 4) is 0 Å². The molecule has 0 unspecified atom stereocenters. The average Bonchev–Trinajstić information content (AvgIpc) is 2.90. The number of H-pyrrole nitrogens is 1. The van der Waals surface area contributed by atoms with Crippen LogP contribution in [-0.2, 0) is 14.3 Å². The quantitative estimate of drug-likeness (QED) is 0.706. The lowest BCUT2D eigenvalue weighted by molar-refractivity contribution is -0.165. The van der Waals surface area contributed by atoms with E-state index in [4.69, 9.17) is 9.84 Å². The predicted octanol–water partition coefficient (Wildman–Crippen LogP) is 3.12. The molecule has 7 nitrogen and oxygen atoms in total. The van der Waals surface area contributed by atoms with Crippen molar-refractivity contribution < 1.29 is 19.4 Å². The molecule has 0 saturated heterocycles. The second-order valence-electron chi connectivity index (χ2n) is 8.04. The summed E-state index contributed by atoms with van der Waals surface area (Å²) in [6.45, 7) is 11.0. The van der Waals surface area contributed by atoms with Gasteiger partial charge in [-0.15, -0.1) is 0 Å². The number of aromatic amines is 1. The molecule has 1 aromatic heterocycles. The minimum Gasteiger partial charge on any atom is -0.480 e. The summed E-state index contributed by atoms with van der Waals surface area (Å²) in [5.74, 6) is -1.28. The zero-order valence-corrected chi connectivity index (χ0v) is 16.8. The first-order chi connectivity index (χ1) is 11.9. The molecule has 148 valence electrons. The third-order valence-corrected chi connectivity index (χ3v) is 4.19. The van der Waals surface area contributed by atoms with Crippen LogP contribution in [0.5, 0.6) is 0 Å². The molecular formula is C19H33N3O4. The Kier molecular flexibility index (Phi) is 7.81. The topological polar surface area (TPSA) is 104 Å².